The van der Waals surface area contributed by atoms with Crippen molar-refractivity contribution in [1.29, 1.82) is 0 Å². The molecule has 1 aromatic heterocycles. The maximum absolute atomic E-state index is 11.3. The third-order valence-electron chi connectivity index (χ3n) is 2.31. The second-order valence-electron chi connectivity index (χ2n) is 3.69. The molecule has 1 aliphatic heterocycles. The lowest BCUT2D eigenvalue weighted by atomic mass is 10.4. The normalized spacial score (nSPS) is 23.4. The van der Waals surface area contributed by atoms with Crippen molar-refractivity contribution in [2.45, 2.75) is 23.8 Å². The van der Waals surface area contributed by atoms with Gasteiger partial charge in [-0.05, 0) is 13.3 Å². The van der Waals surface area contributed by atoms with Crippen molar-refractivity contribution in [1.82, 2.24) is 15.2 Å². The summed E-state index contributed by atoms with van der Waals surface area (Å²) in [5.74, 6) is 0.365. The van der Waals surface area contributed by atoms with Crippen molar-refractivity contribution < 1.29 is 8.42 Å². The zero-order chi connectivity index (χ0) is 11.8. The van der Waals surface area contributed by atoms with E-state index in [0.717, 1.165) is 0 Å². The van der Waals surface area contributed by atoms with Gasteiger partial charge in [0.1, 0.15) is 5.69 Å². The lowest BCUT2D eigenvalue weighted by Gasteiger charge is -2.04. The van der Waals surface area contributed by atoms with Gasteiger partial charge in [-0.2, -0.15) is 0 Å². The second-order valence-corrected chi connectivity index (χ2v) is 7.21. The molecule has 1 fully saturated rings. The Morgan fingerprint density at radius 3 is 2.75 bits per heavy atom. The Hall–Kier alpha value is -0.890. The molecule has 0 spiro atoms. The molecule has 0 amide bonds. The molecular weight excluding hydrogens is 250 g/mol. The summed E-state index contributed by atoms with van der Waals surface area (Å²) in [5, 5.41) is 7.86. The second kappa shape index (κ2) is 4.17. The zero-order valence-electron chi connectivity index (χ0n) is 8.63. The molecule has 1 atom stereocenters. The Labute approximate surface area is 96.8 Å². The van der Waals surface area contributed by atoms with Crippen LogP contribution in [0.25, 0.3) is 0 Å². The number of rotatable bonds is 2. The van der Waals surface area contributed by atoms with Gasteiger partial charge >= 0.3 is 0 Å². The summed E-state index contributed by atoms with van der Waals surface area (Å²) in [6.07, 6.45) is 0.602. The number of nitrogens with zero attached hydrogens (tertiary/aromatic N) is 2. The Morgan fingerprint density at radius 1 is 1.44 bits per heavy atom. The first-order valence-corrected chi connectivity index (χ1v) is 7.47. The van der Waals surface area contributed by atoms with Crippen LogP contribution in [0.5, 0.6) is 0 Å². The van der Waals surface area contributed by atoms with Crippen LogP contribution in [0.4, 0.5) is 0 Å². The van der Waals surface area contributed by atoms with Gasteiger partial charge in [0.2, 0.25) is 0 Å². The lowest BCUT2D eigenvalue weighted by molar-refractivity contribution is 0.602. The molecule has 88 valence electrons. The molecule has 0 radical (unpaired) electrons. The molecule has 0 aliphatic carbocycles. The van der Waals surface area contributed by atoms with E-state index in [-0.39, 0.29) is 22.3 Å². The highest BCUT2D eigenvalue weighted by molar-refractivity contribution is 8.01. The predicted molar refractivity (Wildman–Crippen MR) is 60.3 cm³/mol. The van der Waals surface area contributed by atoms with E-state index in [0.29, 0.717) is 17.3 Å². The molecule has 2 heterocycles. The van der Waals surface area contributed by atoms with Crippen LogP contribution < -0.4 is 5.56 Å². The Kier molecular flexibility index (Phi) is 3.02. The molecule has 0 saturated carbocycles. The smallest absolute Gasteiger partial charge is 0.273 e. The molecular formula is C8H11N3O3S2. The SMILES string of the molecule is Cc1nnc(SC2CCS(=O)(=O)C2)[nH]c1=O. The zero-order valence-corrected chi connectivity index (χ0v) is 10.3. The minimum absolute atomic E-state index is 0.0299. The standard InChI is InChI=1S/C8H11N3O3S2/c1-5-7(12)9-8(11-10-5)15-6-2-3-16(13,14)4-6/h6H,2-4H2,1H3,(H,9,11,12). The first-order valence-electron chi connectivity index (χ1n) is 4.77. The summed E-state index contributed by atoms with van der Waals surface area (Å²) in [6, 6.07) is 0. The van der Waals surface area contributed by atoms with Crippen LogP contribution in [0.3, 0.4) is 0 Å². The van der Waals surface area contributed by atoms with Gasteiger partial charge in [-0.1, -0.05) is 11.8 Å². The largest absolute Gasteiger partial charge is 0.298 e. The molecule has 2 rings (SSSR count). The summed E-state index contributed by atoms with van der Waals surface area (Å²) in [5.41, 5.74) is 0.0294. The van der Waals surface area contributed by atoms with E-state index in [4.69, 9.17) is 0 Å². The van der Waals surface area contributed by atoms with Gasteiger partial charge in [0.05, 0.1) is 11.5 Å². The van der Waals surface area contributed by atoms with Gasteiger partial charge in [-0.25, -0.2) is 8.42 Å². The van der Waals surface area contributed by atoms with Gasteiger partial charge in [0.15, 0.2) is 15.0 Å². The van der Waals surface area contributed by atoms with Gasteiger partial charge in [0, 0.05) is 5.25 Å². The summed E-state index contributed by atoms with van der Waals surface area (Å²) in [4.78, 5) is 13.8. The van der Waals surface area contributed by atoms with Crippen molar-refractivity contribution in [2.24, 2.45) is 0 Å². The van der Waals surface area contributed by atoms with E-state index < -0.39 is 9.84 Å². The minimum Gasteiger partial charge on any atom is -0.298 e. The fraction of sp³-hybridized carbons (Fsp3) is 0.625. The van der Waals surface area contributed by atoms with E-state index in [9.17, 15) is 13.2 Å². The van der Waals surface area contributed by atoms with Crippen LogP contribution in [-0.2, 0) is 9.84 Å². The van der Waals surface area contributed by atoms with Crippen LogP contribution in [0, 0.1) is 6.92 Å². The Morgan fingerprint density at radius 2 is 2.19 bits per heavy atom. The summed E-state index contributed by atoms with van der Waals surface area (Å²) in [7, 11) is -2.89. The summed E-state index contributed by atoms with van der Waals surface area (Å²) in [6.45, 7) is 1.57. The molecule has 0 aromatic carbocycles. The molecule has 1 aromatic rings. The minimum atomic E-state index is -2.89. The van der Waals surface area contributed by atoms with E-state index in [1.807, 2.05) is 0 Å². The van der Waals surface area contributed by atoms with E-state index in [1.54, 1.807) is 6.92 Å². The molecule has 1 aliphatic rings. The first kappa shape index (κ1) is 11.6. The first-order chi connectivity index (χ1) is 7.46. The van der Waals surface area contributed by atoms with Gasteiger partial charge in [0.25, 0.3) is 5.56 Å². The molecule has 1 saturated heterocycles. The number of aryl methyl sites for hydroxylation is 1. The molecule has 1 N–H and O–H groups in total. The number of nitrogens with one attached hydrogen (secondary N) is 1. The highest BCUT2D eigenvalue weighted by Gasteiger charge is 2.29. The maximum atomic E-state index is 11.3. The van der Waals surface area contributed by atoms with Crippen molar-refractivity contribution in [3.63, 3.8) is 0 Å². The molecule has 6 nitrogen and oxygen atoms in total. The van der Waals surface area contributed by atoms with Crippen molar-refractivity contribution in [3.05, 3.63) is 16.0 Å². The average Bonchev–Trinajstić information content (AvgIpc) is 2.52. The average molecular weight is 261 g/mol. The topological polar surface area (TPSA) is 92.8 Å². The fourth-order valence-electron chi connectivity index (χ4n) is 1.44. The van der Waals surface area contributed by atoms with Gasteiger partial charge < -0.3 is 0 Å². The number of aromatic amines is 1. The maximum Gasteiger partial charge on any atom is 0.273 e. The van der Waals surface area contributed by atoms with Crippen LogP contribution in [0.2, 0.25) is 0 Å². The number of aromatic nitrogens is 3. The number of H-pyrrole nitrogens is 1. The van der Waals surface area contributed by atoms with Crippen LogP contribution in [0.1, 0.15) is 12.1 Å². The third-order valence-corrected chi connectivity index (χ3v) is 5.43. The van der Waals surface area contributed by atoms with Crippen LogP contribution >= 0.6 is 11.8 Å². The molecule has 1 unspecified atom stereocenters. The van der Waals surface area contributed by atoms with Crippen molar-refractivity contribution in [3.8, 4) is 0 Å². The van der Waals surface area contributed by atoms with Gasteiger partial charge in [-0.15, -0.1) is 10.2 Å². The Bertz CT molecular complexity index is 552. The highest BCUT2D eigenvalue weighted by atomic mass is 32.2. The Balaban J connectivity index is 2.11. The molecule has 16 heavy (non-hydrogen) atoms. The van der Waals surface area contributed by atoms with Crippen molar-refractivity contribution >= 4 is 21.6 Å². The van der Waals surface area contributed by atoms with Crippen LogP contribution in [-0.4, -0.2) is 40.4 Å². The number of sulfone groups is 1. The number of hydrogen-bond acceptors (Lipinski definition) is 6. The molecule has 8 heteroatoms. The van der Waals surface area contributed by atoms with E-state index in [1.165, 1.54) is 11.8 Å². The number of hydrogen-bond donors (Lipinski definition) is 1. The fourth-order valence-corrected chi connectivity index (χ4v) is 4.82. The third kappa shape index (κ3) is 2.62. The monoisotopic (exact) mass is 261 g/mol. The lowest BCUT2D eigenvalue weighted by Crippen LogP contribution is -2.16. The summed E-state index contributed by atoms with van der Waals surface area (Å²) >= 11 is 1.27. The highest BCUT2D eigenvalue weighted by Crippen LogP contribution is 2.27. The van der Waals surface area contributed by atoms with E-state index in [2.05, 4.69) is 15.2 Å². The number of thioether (sulfide) groups is 1. The molecule has 0 bridgehead atoms. The van der Waals surface area contributed by atoms with E-state index >= 15 is 0 Å². The summed E-state index contributed by atoms with van der Waals surface area (Å²) < 4.78 is 22.5. The quantitative estimate of drug-likeness (QED) is 0.789. The van der Waals surface area contributed by atoms with Crippen molar-refractivity contribution in [2.75, 3.05) is 11.5 Å². The van der Waals surface area contributed by atoms with Gasteiger partial charge in [-0.3, -0.25) is 9.78 Å². The van der Waals surface area contributed by atoms with Crippen LogP contribution in [0.15, 0.2) is 9.95 Å². The predicted octanol–water partition coefficient (Wildman–Crippen LogP) is -0.247.